The van der Waals surface area contributed by atoms with Crippen molar-refractivity contribution in [3.05, 3.63) is 66.5 Å². The number of nitrogens with one attached hydrogen (secondary N) is 1. The van der Waals surface area contributed by atoms with Gasteiger partial charge in [0.15, 0.2) is 0 Å². The lowest BCUT2D eigenvalue weighted by Crippen LogP contribution is -2.11. The average molecular weight is 280 g/mol. The Hall–Kier alpha value is -2.33. The fourth-order valence-corrected chi connectivity index (χ4v) is 2.19. The molecular formula is C16H12N2OS. The molecule has 0 aliphatic carbocycles. The first-order valence-electron chi connectivity index (χ1n) is 6.17. The lowest BCUT2D eigenvalue weighted by Gasteiger charge is -2.08. The number of aromatic nitrogens is 1. The van der Waals surface area contributed by atoms with Crippen molar-refractivity contribution < 1.29 is 4.79 Å². The first-order valence-corrected chi connectivity index (χ1v) is 6.62. The van der Waals surface area contributed by atoms with E-state index in [2.05, 4.69) is 22.9 Å². The van der Waals surface area contributed by atoms with Crippen LogP contribution in [0.3, 0.4) is 0 Å². The van der Waals surface area contributed by atoms with Crippen LogP contribution >= 0.6 is 12.6 Å². The molecule has 98 valence electrons. The molecule has 0 radical (unpaired) electrons. The van der Waals surface area contributed by atoms with E-state index in [1.165, 1.54) is 0 Å². The largest absolute Gasteiger partial charge is 0.321 e. The van der Waals surface area contributed by atoms with Crippen LogP contribution in [-0.2, 0) is 0 Å². The third-order valence-electron chi connectivity index (χ3n) is 3.06. The summed E-state index contributed by atoms with van der Waals surface area (Å²) in [6.07, 6.45) is 3.49. The molecule has 0 aliphatic heterocycles. The second-order valence-electron chi connectivity index (χ2n) is 4.40. The van der Waals surface area contributed by atoms with Gasteiger partial charge in [-0.2, -0.15) is 0 Å². The molecule has 20 heavy (non-hydrogen) atoms. The van der Waals surface area contributed by atoms with Gasteiger partial charge in [0.1, 0.15) is 0 Å². The molecule has 1 heterocycles. The summed E-state index contributed by atoms with van der Waals surface area (Å²) in [5, 5.41) is 4.90. The number of fused-ring (bicyclic) bond motifs is 1. The summed E-state index contributed by atoms with van der Waals surface area (Å²) in [5.41, 5.74) is 1.39. The molecule has 3 rings (SSSR count). The molecule has 0 bridgehead atoms. The Morgan fingerprint density at radius 3 is 2.65 bits per heavy atom. The van der Waals surface area contributed by atoms with Gasteiger partial charge in [-0.15, -0.1) is 12.6 Å². The molecule has 3 nitrogen and oxygen atoms in total. The molecule has 0 saturated carbocycles. The number of carbonyl (C=O) groups is 1. The van der Waals surface area contributed by atoms with Crippen molar-refractivity contribution in [3.8, 4) is 0 Å². The van der Waals surface area contributed by atoms with Gasteiger partial charge in [0.2, 0.25) is 0 Å². The Morgan fingerprint density at radius 2 is 1.85 bits per heavy atom. The molecule has 1 N–H and O–H groups in total. The highest BCUT2D eigenvalue weighted by Crippen LogP contribution is 2.22. The van der Waals surface area contributed by atoms with E-state index in [1.807, 2.05) is 24.3 Å². The Labute approximate surface area is 122 Å². The number of hydrogen-bond donors (Lipinski definition) is 2. The highest BCUT2D eigenvalue weighted by atomic mass is 32.1. The number of hydrogen-bond acceptors (Lipinski definition) is 3. The van der Waals surface area contributed by atoms with Gasteiger partial charge in [-0.25, -0.2) is 0 Å². The minimum absolute atomic E-state index is 0.136. The zero-order valence-electron chi connectivity index (χ0n) is 10.6. The molecular weight excluding hydrogens is 268 g/mol. The summed E-state index contributed by atoms with van der Waals surface area (Å²) in [6.45, 7) is 0. The second-order valence-corrected chi connectivity index (χ2v) is 4.92. The highest BCUT2D eigenvalue weighted by Gasteiger charge is 2.07. The fourth-order valence-electron chi connectivity index (χ4n) is 2.04. The smallest absolute Gasteiger partial charge is 0.255 e. The zero-order valence-corrected chi connectivity index (χ0v) is 11.5. The van der Waals surface area contributed by atoms with Gasteiger partial charge in [-0.3, -0.25) is 9.78 Å². The molecule has 4 heteroatoms. The van der Waals surface area contributed by atoms with Crippen LogP contribution in [0, 0.1) is 0 Å². The number of benzene rings is 2. The minimum Gasteiger partial charge on any atom is -0.321 e. The van der Waals surface area contributed by atoms with Crippen LogP contribution in [-0.4, -0.2) is 10.9 Å². The number of thiol groups is 1. The summed E-state index contributed by atoms with van der Waals surface area (Å²) in [7, 11) is 0. The molecule has 3 aromatic rings. The summed E-state index contributed by atoms with van der Waals surface area (Å²) in [6, 6.07) is 14.7. The topological polar surface area (TPSA) is 42.0 Å². The standard InChI is InChI=1S/C16H12N2OS/c19-16(11-4-6-13(20)7-5-11)18-15-3-1-2-12-10-17-9-8-14(12)15/h1-10,20H,(H,18,19). The quantitative estimate of drug-likeness (QED) is 0.702. The third kappa shape index (κ3) is 2.51. The Kier molecular flexibility index (Phi) is 3.39. The number of pyridine rings is 1. The predicted octanol–water partition coefficient (Wildman–Crippen LogP) is 3.78. The van der Waals surface area contributed by atoms with Crippen LogP contribution in [0.2, 0.25) is 0 Å². The highest BCUT2D eigenvalue weighted by molar-refractivity contribution is 7.80. The van der Waals surface area contributed by atoms with Gasteiger partial charge < -0.3 is 5.32 Å². The number of rotatable bonds is 2. The van der Waals surface area contributed by atoms with E-state index in [-0.39, 0.29) is 5.91 Å². The number of amides is 1. The number of nitrogens with zero attached hydrogens (tertiary/aromatic N) is 1. The molecule has 0 atom stereocenters. The first-order chi connectivity index (χ1) is 9.74. The SMILES string of the molecule is O=C(Nc1cccc2cnccc12)c1ccc(S)cc1. The molecule has 0 fully saturated rings. The average Bonchev–Trinajstić information content (AvgIpc) is 2.48. The fraction of sp³-hybridized carbons (Fsp3) is 0. The summed E-state index contributed by atoms with van der Waals surface area (Å²) >= 11 is 4.21. The normalized spacial score (nSPS) is 10.4. The lowest BCUT2D eigenvalue weighted by atomic mass is 10.1. The van der Waals surface area contributed by atoms with Crippen LogP contribution in [0.5, 0.6) is 0 Å². The van der Waals surface area contributed by atoms with Crippen molar-refractivity contribution >= 4 is 35.0 Å². The minimum atomic E-state index is -0.136. The summed E-state index contributed by atoms with van der Waals surface area (Å²) in [5.74, 6) is -0.136. The number of carbonyl (C=O) groups excluding carboxylic acids is 1. The van der Waals surface area contributed by atoms with Crippen molar-refractivity contribution in [1.29, 1.82) is 0 Å². The van der Waals surface area contributed by atoms with Crippen molar-refractivity contribution in [1.82, 2.24) is 4.98 Å². The van der Waals surface area contributed by atoms with Gasteiger partial charge in [0.05, 0.1) is 0 Å². The van der Waals surface area contributed by atoms with E-state index in [4.69, 9.17) is 0 Å². The van der Waals surface area contributed by atoms with Crippen molar-refractivity contribution in [2.75, 3.05) is 5.32 Å². The van der Waals surface area contributed by atoms with Gasteiger partial charge in [-0.1, -0.05) is 12.1 Å². The first kappa shape index (κ1) is 12.7. The second kappa shape index (κ2) is 5.35. The zero-order chi connectivity index (χ0) is 13.9. The van der Waals surface area contributed by atoms with E-state index < -0.39 is 0 Å². The summed E-state index contributed by atoms with van der Waals surface area (Å²) in [4.78, 5) is 17.1. The molecule has 0 saturated heterocycles. The van der Waals surface area contributed by atoms with E-state index in [9.17, 15) is 4.79 Å². The van der Waals surface area contributed by atoms with Crippen molar-refractivity contribution in [2.24, 2.45) is 0 Å². The molecule has 0 aliphatic rings. The molecule has 0 spiro atoms. The van der Waals surface area contributed by atoms with Gasteiger partial charge in [0, 0.05) is 39.3 Å². The number of anilines is 1. The predicted molar refractivity (Wildman–Crippen MR) is 83.4 cm³/mol. The van der Waals surface area contributed by atoms with Gasteiger partial charge >= 0.3 is 0 Å². The van der Waals surface area contributed by atoms with Crippen LogP contribution in [0.15, 0.2) is 65.8 Å². The van der Waals surface area contributed by atoms with Crippen molar-refractivity contribution in [3.63, 3.8) is 0 Å². The summed E-state index contributed by atoms with van der Waals surface area (Å²) < 4.78 is 0. The maximum Gasteiger partial charge on any atom is 0.255 e. The van der Waals surface area contributed by atoms with Crippen molar-refractivity contribution in [2.45, 2.75) is 4.90 Å². The van der Waals surface area contributed by atoms with Crippen LogP contribution in [0.1, 0.15) is 10.4 Å². The van der Waals surface area contributed by atoms with E-state index in [0.29, 0.717) is 5.56 Å². The molecule has 1 aromatic heterocycles. The van der Waals surface area contributed by atoms with E-state index >= 15 is 0 Å². The molecule has 1 amide bonds. The maximum atomic E-state index is 12.2. The Morgan fingerprint density at radius 1 is 1.05 bits per heavy atom. The lowest BCUT2D eigenvalue weighted by molar-refractivity contribution is 0.102. The van der Waals surface area contributed by atoms with Gasteiger partial charge in [-0.05, 0) is 36.4 Å². The Balaban J connectivity index is 1.93. The monoisotopic (exact) mass is 280 g/mol. The van der Waals surface area contributed by atoms with E-state index in [1.54, 1.807) is 36.7 Å². The molecule has 0 unspecified atom stereocenters. The maximum absolute atomic E-state index is 12.2. The van der Waals surface area contributed by atoms with Gasteiger partial charge in [0.25, 0.3) is 5.91 Å². The van der Waals surface area contributed by atoms with Crippen LogP contribution < -0.4 is 5.32 Å². The Bertz CT molecular complexity index is 764. The van der Waals surface area contributed by atoms with Crippen LogP contribution in [0.4, 0.5) is 5.69 Å². The van der Waals surface area contributed by atoms with E-state index in [0.717, 1.165) is 21.4 Å². The third-order valence-corrected chi connectivity index (χ3v) is 3.36. The van der Waals surface area contributed by atoms with Crippen LogP contribution in [0.25, 0.3) is 10.8 Å². The molecule has 2 aromatic carbocycles.